The maximum atomic E-state index is 5.21. The minimum Gasteiger partial charge on any atom is -0.383 e. The number of methoxy groups -OCH3 is 1. The Labute approximate surface area is 101 Å². The quantitative estimate of drug-likeness (QED) is 0.578. The average Bonchev–Trinajstić information content (AvgIpc) is 3.11. The van der Waals surface area contributed by atoms with Crippen molar-refractivity contribution >= 4 is 0 Å². The summed E-state index contributed by atoms with van der Waals surface area (Å²) in [5.41, 5.74) is 0. The highest BCUT2D eigenvalue weighted by atomic mass is 16.5. The van der Waals surface area contributed by atoms with Gasteiger partial charge in [-0.2, -0.15) is 0 Å². The number of nitrogens with one attached hydrogen (secondary N) is 1. The van der Waals surface area contributed by atoms with Crippen LogP contribution in [0.1, 0.15) is 39.5 Å². The Morgan fingerprint density at radius 1 is 1.38 bits per heavy atom. The summed E-state index contributed by atoms with van der Waals surface area (Å²) in [7, 11) is 1.79. The third-order valence-corrected chi connectivity index (χ3v) is 3.32. The fraction of sp³-hybridized carbons (Fsp3) is 1.00. The van der Waals surface area contributed by atoms with Gasteiger partial charge in [0.15, 0.2) is 0 Å². The lowest BCUT2D eigenvalue weighted by molar-refractivity contribution is 0.110. The van der Waals surface area contributed by atoms with Crippen molar-refractivity contribution in [1.29, 1.82) is 0 Å². The van der Waals surface area contributed by atoms with E-state index >= 15 is 0 Å². The van der Waals surface area contributed by atoms with E-state index < -0.39 is 0 Å². The summed E-state index contributed by atoms with van der Waals surface area (Å²) >= 11 is 0. The lowest BCUT2D eigenvalue weighted by Gasteiger charge is -2.31. The van der Waals surface area contributed by atoms with Crippen molar-refractivity contribution in [2.45, 2.75) is 51.6 Å². The molecular weight excluding hydrogens is 200 g/mol. The molecule has 1 saturated carbocycles. The number of rotatable bonds is 10. The molecule has 1 atom stereocenters. The van der Waals surface area contributed by atoms with Gasteiger partial charge < -0.3 is 10.1 Å². The van der Waals surface area contributed by atoms with E-state index in [-0.39, 0.29) is 0 Å². The molecule has 1 rings (SSSR count). The van der Waals surface area contributed by atoms with Gasteiger partial charge in [-0.15, -0.1) is 0 Å². The van der Waals surface area contributed by atoms with Gasteiger partial charge in [-0.3, -0.25) is 4.90 Å². The summed E-state index contributed by atoms with van der Waals surface area (Å²) in [6.45, 7) is 8.73. The first-order chi connectivity index (χ1) is 7.83. The van der Waals surface area contributed by atoms with Crippen LogP contribution in [0.3, 0.4) is 0 Å². The van der Waals surface area contributed by atoms with Crippen molar-refractivity contribution in [1.82, 2.24) is 10.2 Å². The minimum atomic E-state index is 0.689. The Balaban J connectivity index is 2.32. The SMILES string of the molecule is CCCNCC(CC)N(CCOC)C1CC1. The largest absolute Gasteiger partial charge is 0.383 e. The van der Waals surface area contributed by atoms with Gasteiger partial charge in [0, 0.05) is 32.3 Å². The van der Waals surface area contributed by atoms with E-state index in [0.29, 0.717) is 6.04 Å². The fourth-order valence-electron chi connectivity index (χ4n) is 2.21. The molecule has 16 heavy (non-hydrogen) atoms. The molecule has 1 N–H and O–H groups in total. The minimum absolute atomic E-state index is 0.689. The Bertz CT molecular complexity index is 171. The molecule has 0 heterocycles. The van der Waals surface area contributed by atoms with Gasteiger partial charge in [0.2, 0.25) is 0 Å². The summed E-state index contributed by atoms with van der Waals surface area (Å²) in [6.07, 6.45) is 5.22. The summed E-state index contributed by atoms with van der Waals surface area (Å²) in [4.78, 5) is 2.64. The van der Waals surface area contributed by atoms with E-state index in [9.17, 15) is 0 Å². The zero-order valence-electron chi connectivity index (χ0n) is 11.2. The van der Waals surface area contributed by atoms with E-state index in [1.165, 1.54) is 25.7 Å². The molecule has 1 aliphatic carbocycles. The number of hydrogen-bond acceptors (Lipinski definition) is 3. The molecule has 0 saturated heterocycles. The standard InChI is InChI=1S/C13H28N2O/c1-4-8-14-11-12(5-2)15(9-10-16-3)13-6-7-13/h12-14H,4-11H2,1-3H3. The number of ether oxygens (including phenoxy) is 1. The monoisotopic (exact) mass is 228 g/mol. The average molecular weight is 228 g/mol. The van der Waals surface area contributed by atoms with Gasteiger partial charge in [0.25, 0.3) is 0 Å². The maximum absolute atomic E-state index is 5.21. The molecule has 0 amide bonds. The van der Waals surface area contributed by atoms with Crippen LogP contribution in [0.2, 0.25) is 0 Å². The van der Waals surface area contributed by atoms with Crippen molar-refractivity contribution in [2.75, 3.05) is 33.4 Å². The number of nitrogens with zero attached hydrogens (tertiary/aromatic N) is 1. The maximum Gasteiger partial charge on any atom is 0.0589 e. The molecular formula is C13H28N2O. The topological polar surface area (TPSA) is 24.5 Å². The van der Waals surface area contributed by atoms with Crippen molar-refractivity contribution < 1.29 is 4.74 Å². The second-order valence-corrected chi connectivity index (χ2v) is 4.73. The Kier molecular flexibility index (Phi) is 7.01. The molecule has 0 spiro atoms. The van der Waals surface area contributed by atoms with Crippen LogP contribution in [-0.4, -0.2) is 50.3 Å². The molecule has 96 valence electrons. The zero-order valence-corrected chi connectivity index (χ0v) is 11.2. The van der Waals surface area contributed by atoms with Crippen LogP contribution >= 0.6 is 0 Å². The Morgan fingerprint density at radius 3 is 2.62 bits per heavy atom. The van der Waals surface area contributed by atoms with Gasteiger partial charge in [-0.25, -0.2) is 0 Å². The molecule has 1 aliphatic rings. The van der Waals surface area contributed by atoms with Crippen LogP contribution in [0, 0.1) is 0 Å². The van der Waals surface area contributed by atoms with Gasteiger partial charge in [-0.05, 0) is 32.2 Å². The van der Waals surface area contributed by atoms with Crippen LogP contribution in [0.25, 0.3) is 0 Å². The first kappa shape index (κ1) is 13.9. The molecule has 1 fully saturated rings. The Hall–Kier alpha value is -0.120. The van der Waals surface area contributed by atoms with Crippen LogP contribution in [0.5, 0.6) is 0 Å². The van der Waals surface area contributed by atoms with Gasteiger partial charge in [0.05, 0.1) is 6.61 Å². The normalized spacial score (nSPS) is 18.0. The predicted octanol–water partition coefficient (Wildman–Crippen LogP) is 1.88. The van der Waals surface area contributed by atoms with Crippen LogP contribution < -0.4 is 5.32 Å². The van der Waals surface area contributed by atoms with E-state index in [0.717, 1.165) is 32.3 Å². The predicted molar refractivity (Wildman–Crippen MR) is 68.8 cm³/mol. The second kappa shape index (κ2) is 8.04. The fourth-order valence-corrected chi connectivity index (χ4v) is 2.21. The smallest absolute Gasteiger partial charge is 0.0589 e. The summed E-state index contributed by atoms with van der Waals surface area (Å²) in [6, 6.07) is 1.53. The van der Waals surface area contributed by atoms with Gasteiger partial charge in [-0.1, -0.05) is 13.8 Å². The van der Waals surface area contributed by atoms with Crippen molar-refractivity contribution in [3.05, 3.63) is 0 Å². The third kappa shape index (κ3) is 4.81. The molecule has 0 radical (unpaired) electrons. The van der Waals surface area contributed by atoms with Gasteiger partial charge >= 0.3 is 0 Å². The highest BCUT2D eigenvalue weighted by molar-refractivity contribution is 4.89. The van der Waals surface area contributed by atoms with Gasteiger partial charge in [0.1, 0.15) is 0 Å². The molecule has 0 bridgehead atoms. The van der Waals surface area contributed by atoms with Crippen molar-refractivity contribution in [2.24, 2.45) is 0 Å². The molecule has 0 aromatic rings. The summed E-state index contributed by atoms with van der Waals surface area (Å²) < 4.78 is 5.21. The molecule has 0 aliphatic heterocycles. The molecule has 0 aromatic heterocycles. The van der Waals surface area contributed by atoms with E-state index in [1.54, 1.807) is 7.11 Å². The van der Waals surface area contributed by atoms with E-state index in [1.807, 2.05) is 0 Å². The highest BCUT2D eigenvalue weighted by Crippen LogP contribution is 2.29. The van der Waals surface area contributed by atoms with Crippen LogP contribution in [-0.2, 0) is 4.74 Å². The highest BCUT2D eigenvalue weighted by Gasteiger charge is 2.32. The summed E-state index contributed by atoms with van der Waals surface area (Å²) in [5, 5.41) is 3.54. The number of hydrogen-bond donors (Lipinski definition) is 1. The third-order valence-electron chi connectivity index (χ3n) is 3.32. The molecule has 3 heteroatoms. The summed E-state index contributed by atoms with van der Waals surface area (Å²) in [5.74, 6) is 0. The van der Waals surface area contributed by atoms with Crippen molar-refractivity contribution in [3.63, 3.8) is 0 Å². The first-order valence-corrected chi connectivity index (χ1v) is 6.78. The first-order valence-electron chi connectivity index (χ1n) is 6.78. The van der Waals surface area contributed by atoms with E-state index in [4.69, 9.17) is 4.74 Å². The zero-order chi connectivity index (χ0) is 11.8. The lowest BCUT2D eigenvalue weighted by atomic mass is 10.1. The lowest BCUT2D eigenvalue weighted by Crippen LogP contribution is -2.45. The molecule has 0 aromatic carbocycles. The Morgan fingerprint density at radius 2 is 2.12 bits per heavy atom. The molecule has 1 unspecified atom stereocenters. The van der Waals surface area contributed by atoms with E-state index in [2.05, 4.69) is 24.1 Å². The van der Waals surface area contributed by atoms with Crippen LogP contribution in [0.4, 0.5) is 0 Å². The van der Waals surface area contributed by atoms with Crippen LogP contribution in [0.15, 0.2) is 0 Å². The van der Waals surface area contributed by atoms with Crippen molar-refractivity contribution in [3.8, 4) is 0 Å². The molecule has 3 nitrogen and oxygen atoms in total. The second-order valence-electron chi connectivity index (χ2n) is 4.73.